The fourth-order valence-electron chi connectivity index (χ4n) is 2.55. The molecule has 0 aromatic heterocycles. The number of halogens is 1. The van der Waals surface area contributed by atoms with Crippen LogP contribution in [0.3, 0.4) is 0 Å². The van der Waals surface area contributed by atoms with Gasteiger partial charge in [-0.2, -0.15) is 0 Å². The van der Waals surface area contributed by atoms with E-state index in [9.17, 15) is 4.79 Å². The monoisotopic (exact) mass is 326 g/mol. The molecule has 1 aliphatic heterocycles. The smallest absolute Gasteiger partial charge is 0.290 e. The van der Waals surface area contributed by atoms with Crippen LogP contribution in [0.25, 0.3) is 0 Å². The maximum Gasteiger partial charge on any atom is 0.290 e. The Kier molecular flexibility index (Phi) is 7.91. The second-order valence-corrected chi connectivity index (χ2v) is 6.10. The fourth-order valence-corrected chi connectivity index (χ4v) is 2.68. The molecule has 22 heavy (non-hydrogen) atoms. The van der Waals surface area contributed by atoms with Gasteiger partial charge in [0.25, 0.3) is 6.47 Å². The number of hydrogen-bond donors (Lipinski definition) is 1. The maximum absolute atomic E-state index is 12.0. The van der Waals surface area contributed by atoms with Gasteiger partial charge in [0.2, 0.25) is 5.91 Å². The van der Waals surface area contributed by atoms with E-state index in [0.717, 1.165) is 31.0 Å². The van der Waals surface area contributed by atoms with E-state index in [0.29, 0.717) is 12.5 Å². The highest BCUT2D eigenvalue weighted by atomic mass is 35.5. The molecule has 1 atom stereocenters. The minimum absolute atomic E-state index is 0.239. The van der Waals surface area contributed by atoms with Gasteiger partial charge in [-0.25, -0.2) is 0 Å². The largest absolute Gasteiger partial charge is 0.483 e. The molecule has 1 saturated heterocycles. The van der Waals surface area contributed by atoms with Crippen molar-refractivity contribution >= 4 is 24.0 Å². The third-order valence-electron chi connectivity index (χ3n) is 3.53. The van der Waals surface area contributed by atoms with Crippen LogP contribution >= 0.6 is 11.6 Å². The summed E-state index contributed by atoms with van der Waals surface area (Å²) in [6.45, 7) is 2.04. The van der Waals surface area contributed by atoms with Crippen molar-refractivity contribution in [2.75, 3.05) is 33.7 Å². The van der Waals surface area contributed by atoms with E-state index >= 15 is 0 Å². The molecule has 0 radical (unpaired) electrons. The molecule has 0 aliphatic carbocycles. The Hall–Kier alpha value is -1.59. The van der Waals surface area contributed by atoms with Crippen LogP contribution in [-0.2, 0) is 16.0 Å². The standard InChI is InChI=1S/C15H21ClN2O.CH2O2/c1-17(2)11-15(19)18-8-7-13(10-18)9-12-3-5-14(16)6-4-12;2-1-3/h3-6,13H,7-11H2,1-2H3;1H,(H,2,3). The Morgan fingerprint density at radius 1 is 1.41 bits per heavy atom. The zero-order valence-electron chi connectivity index (χ0n) is 13.0. The summed E-state index contributed by atoms with van der Waals surface area (Å²) in [5.41, 5.74) is 1.30. The molecule has 1 amide bonds. The van der Waals surface area contributed by atoms with Gasteiger partial charge in [0.1, 0.15) is 0 Å². The third-order valence-corrected chi connectivity index (χ3v) is 3.78. The SMILES string of the molecule is CN(C)CC(=O)N1CCC(Cc2ccc(Cl)cc2)C1.O=CO. The topological polar surface area (TPSA) is 60.9 Å². The quantitative estimate of drug-likeness (QED) is 0.860. The van der Waals surface area contributed by atoms with Gasteiger partial charge < -0.3 is 14.9 Å². The first-order chi connectivity index (χ1) is 10.5. The number of carboxylic acid groups (broad SMARTS) is 1. The van der Waals surface area contributed by atoms with E-state index in [1.54, 1.807) is 0 Å². The zero-order chi connectivity index (χ0) is 16.5. The summed E-state index contributed by atoms with van der Waals surface area (Å²) in [6.07, 6.45) is 2.13. The van der Waals surface area contributed by atoms with Crippen molar-refractivity contribution in [3.8, 4) is 0 Å². The zero-order valence-corrected chi connectivity index (χ0v) is 13.8. The van der Waals surface area contributed by atoms with Crippen LogP contribution in [-0.4, -0.2) is 61.0 Å². The van der Waals surface area contributed by atoms with Crippen LogP contribution < -0.4 is 0 Å². The molecule has 2 rings (SSSR count). The van der Waals surface area contributed by atoms with Crippen LogP contribution in [0.5, 0.6) is 0 Å². The van der Waals surface area contributed by atoms with E-state index in [2.05, 4.69) is 12.1 Å². The number of likely N-dealkylation sites (tertiary alicyclic amines) is 1. The molecule has 1 fully saturated rings. The van der Waals surface area contributed by atoms with Crippen LogP contribution in [0.4, 0.5) is 0 Å². The average Bonchev–Trinajstić information content (AvgIpc) is 2.90. The molecule has 1 aromatic rings. The molecule has 0 bridgehead atoms. The lowest BCUT2D eigenvalue weighted by molar-refractivity contribution is -0.131. The van der Waals surface area contributed by atoms with Gasteiger partial charge in [0.15, 0.2) is 0 Å². The molecule has 1 heterocycles. The predicted octanol–water partition coefficient (Wildman–Crippen LogP) is 1.99. The summed E-state index contributed by atoms with van der Waals surface area (Å²) in [7, 11) is 3.86. The summed E-state index contributed by atoms with van der Waals surface area (Å²) in [5.74, 6) is 0.816. The normalized spacial score (nSPS) is 17.1. The molecular formula is C16H23ClN2O3. The Morgan fingerprint density at radius 3 is 2.55 bits per heavy atom. The van der Waals surface area contributed by atoms with Crippen molar-refractivity contribution in [2.24, 2.45) is 5.92 Å². The highest BCUT2D eigenvalue weighted by Gasteiger charge is 2.26. The summed E-state index contributed by atoms with van der Waals surface area (Å²) in [5, 5.41) is 7.66. The second-order valence-electron chi connectivity index (χ2n) is 5.67. The first-order valence-electron chi connectivity index (χ1n) is 7.21. The van der Waals surface area contributed by atoms with Gasteiger partial charge in [-0.15, -0.1) is 0 Å². The van der Waals surface area contributed by atoms with Crippen LogP contribution in [0.15, 0.2) is 24.3 Å². The van der Waals surface area contributed by atoms with Crippen molar-refractivity contribution in [1.82, 2.24) is 9.80 Å². The number of amides is 1. The summed E-state index contributed by atoms with van der Waals surface area (Å²) >= 11 is 5.88. The number of carbonyl (C=O) groups is 2. The lowest BCUT2D eigenvalue weighted by atomic mass is 9.99. The van der Waals surface area contributed by atoms with E-state index < -0.39 is 0 Å². The van der Waals surface area contributed by atoms with Gasteiger partial charge in [-0.1, -0.05) is 23.7 Å². The number of rotatable bonds is 4. The van der Waals surface area contributed by atoms with Crippen molar-refractivity contribution in [3.63, 3.8) is 0 Å². The van der Waals surface area contributed by atoms with Crippen molar-refractivity contribution < 1.29 is 14.7 Å². The Morgan fingerprint density at radius 2 is 2.00 bits per heavy atom. The van der Waals surface area contributed by atoms with Gasteiger partial charge in [0.05, 0.1) is 6.54 Å². The number of benzene rings is 1. The molecular weight excluding hydrogens is 304 g/mol. The first-order valence-corrected chi connectivity index (χ1v) is 7.58. The van der Waals surface area contributed by atoms with Gasteiger partial charge >= 0.3 is 0 Å². The Balaban J connectivity index is 0.000000745. The Bertz CT molecular complexity index is 477. The fraction of sp³-hybridized carbons (Fsp3) is 0.500. The van der Waals surface area contributed by atoms with Crippen molar-refractivity contribution in [1.29, 1.82) is 0 Å². The van der Waals surface area contributed by atoms with Crippen molar-refractivity contribution in [3.05, 3.63) is 34.9 Å². The second kappa shape index (κ2) is 9.43. The Labute approximate surface area is 136 Å². The lowest BCUT2D eigenvalue weighted by Crippen LogP contribution is -2.36. The number of likely N-dealkylation sites (N-methyl/N-ethyl adjacent to an activating group) is 1. The van der Waals surface area contributed by atoms with E-state index in [-0.39, 0.29) is 12.4 Å². The molecule has 1 N–H and O–H groups in total. The van der Waals surface area contributed by atoms with Crippen LogP contribution in [0.1, 0.15) is 12.0 Å². The summed E-state index contributed by atoms with van der Waals surface area (Å²) in [4.78, 5) is 24.2. The van der Waals surface area contributed by atoms with Gasteiger partial charge in [0, 0.05) is 18.1 Å². The van der Waals surface area contributed by atoms with E-state index in [1.807, 2.05) is 36.0 Å². The number of carbonyl (C=O) groups excluding carboxylic acids is 1. The van der Waals surface area contributed by atoms with Gasteiger partial charge in [-0.05, 0) is 50.6 Å². The summed E-state index contributed by atoms with van der Waals surface area (Å²) in [6, 6.07) is 8.01. The molecule has 6 heteroatoms. The molecule has 5 nitrogen and oxygen atoms in total. The van der Waals surface area contributed by atoms with E-state index in [1.165, 1.54) is 5.56 Å². The van der Waals surface area contributed by atoms with Crippen LogP contribution in [0.2, 0.25) is 5.02 Å². The summed E-state index contributed by atoms with van der Waals surface area (Å²) < 4.78 is 0. The van der Waals surface area contributed by atoms with Crippen LogP contribution in [0, 0.1) is 5.92 Å². The van der Waals surface area contributed by atoms with Crippen molar-refractivity contribution in [2.45, 2.75) is 12.8 Å². The molecule has 0 saturated carbocycles. The molecule has 122 valence electrons. The van der Waals surface area contributed by atoms with E-state index in [4.69, 9.17) is 21.5 Å². The first kappa shape index (κ1) is 18.5. The van der Waals surface area contributed by atoms with Gasteiger partial charge in [-0.3, -0.25) is 9.59 Å². The number of hydrogen-bond acceptors (Lipinski definition) is 3. The maximum atomic E-state index is 12.0. The molecule has 1 aromatic carbocycles. The predicted molar refractivity (Wildman–Crippen MR) is 87.1 cm³/mol. The minimum atomic E-state index is -0.250. The lowest BCUT2D eigenvalue weighted by Gasteiger charge is -2.19. The molecule has 1 aliphatic rings. The third kappa shape index (κ3) is 6.45. The highest BCUT2D eigenvalue weighted by molar-refractivity contribution is 6.30. The minimum Gasteiger partial charge on any atom is -0.483 e. The average molecular weight is 327 g/mol. The number of nitrogens with zero attached hydrogens (tertiary/aromatic N) is 2. The highest BCUT2D eigenvalue weighted by Crippen LogP contribution is 2.21. The molecule has 1 unspecified atom stereocenters. The molecule has 0 spiro atoms.